The Hall–Kier alpha value is -0.940. The van der Waals surface area contributed by atoms with Crippen molar-refractivity contribution in [3.05, 3.63) is 28.5 Å². The third-order valence-corrected chi connectivity index (χ3v) is 4.27. The summed E-state index contributed by atoms with van der Waals surface area (Å²) in [5.74, 6) is -0.168. The van der Waals surface area contributed by atoms with E-state index in [-0.39, 0.29) is 6.04 Å². The van der Waals surface area contributed by atoms with Gasteiger partial charge in [0.05, 0.1) is 0 Å². The second kappa shape index (κ2) is 6.48. The predicted molar refractivity (Wildman–Crippen MR) is 76.8 cm³/mol. The Balaban J connectivity index is 2.07. The minimum Gasteiger partial charge on any atom is -0.480 e. The third kappa shape index (κ3) is 3.76. The number of carbonyl (C=O) groups is 1. The summed E-state index contributed by atoms with van der Waals surface area (Å²) >= 11 is 3.39. The highest BCUT2D eigenvalue weighted by Crippen LogP contribution is 2.27. The van der Waals surface area contributed by atoms with Crippen molar-refractivity contribution in [1.29, 1.82) is 0 Å². The normalized spacial score (nSPS) is 24.3. The zero-order valence-electron chi connectivity index (χ0n) is 11.1. The molecule has 1 N–H and O–H groups in total. The van der Waals surface area contributed by atoms with Gasteiger partial charge >= 0.3 is 5.97 Å². The predicted octanol–water partition coefficient (Wildman–Crippen LogP) is 2.92. The Morgan fingerprint density at radius 1 is 1.58 bits per heavy atom. The number of carboxylic acid groups (broad SMARTS) is 1. The van der Waals surface area contributed by atoms with E-state index in [0.29, 0.717) is 12.5 Å². The lowest BCUT2D eigenvalue weighted by atomic mass is 9.88. The van der Waals surface area contributed by atoms with Crippen molar-refractivity contribution in [1.82, 2.24) is 9.88 Å². The van der Waals surface area contributed by atoms with Crippen LogP contribution < -0.4 is 0 Å². The van der Waals surface area contributed by atoms with E-state index in [0.717, 1.165) is 35.8 Å². The molecule has 2 unspecified atom stereocenters. The molecular formula is C14H19BrN2O2. The number of aliphatic carboxylic acids is 1. The van der Waals surface area contributed by atoms with Gasteiger partial charge in [-0.15, -0.1) is 0 Å². The van der Waals surface area contributed by atoms with Crippen LogP contribution in [0.5, 0.6) is 0 Å². The SMILES string of the molecule is CCC1CCN(Cc2cncc(Br)c2)C(C(=O)O)C1. The van der Waals surface area contributed by atoms with Gasteiger partial charge in [-0.1, -0.05) is 13.3 Å². The molecule has 1 aromatic heterocycles. The van der Waals surface area contributed by atoms with Crippen LogP contribution in [0.25, 0.3) is 0 Å². The summed E-state index contributed by atoms with van der Waals surface area (Å²) in [6.07, 6.45) is 6.45. The first kappa shape index (κ1) is 14.5. The van der Waals surface area contributed by atoms with Gasteiger partial charge in [-0.05, 0) is 52.9 Å². The summed E-state index contributed by atoms with van der Waals surface area (Å²) < 4.78 is 0.931. The van der Waals surface area contributed by atoms with Crippen LogP contribution in [0.4, 0.5) is 0 Å². The standard InChI is InChI=1S/C14H19BrN2O2/c1-2-10-3-4-17(13(6-10)14(18)19)9-11-5-12(15)8-16-7-11/h5,7-8,10,13H,2-4,6,9H2,1H3,(H,18,19). The summed E-state index contributed by atoms with van der Waals surface area (Å²) in [4.78, 5) is 17.6. The van der Waals surface area contributed by atoms with E-state index in [9.17, 15) is 9.90 Å². The molecule has 0 aliphatic carbocycles. The van der Waals surface area contributed by atoms with Crippen LogP contribution in [0.15, 0.2) is 22.9 Å². The molecule has 1 saturated heterocycles. The van der Waals surface area contributed by atoms with Crippen LogP contribution in [0.3, 0.4) is 0 Å². The van der Waals surface area contributed by atoms with E-state index < -0.39 is 5.97 Å². The van der Waals surface area contributed by atoms with Gasteiger partial charge in [-0.2, -0.15) is 0 Å². The van der Waals surface area contributed by atoms with Crippen LogP contribution in [0.1, 0.15) is 31.7 Å². The fourth-order valence-electron chi connectivity index (χ4n) is 2.68. The number of piperidine rings is 1. The summed E-state index contributed by atoms with van der Waals surface area (Å²) in [6.45, 7) is 3.64. The third-order valence-electron chi connectivity index (χ3n) is 3.83. The number of likely N-dealkylation sites (tertiary alicyclic amines) is 1. The minimum absolute atomic E-state index is 0.363. The highest BCUT2D eigenvalue weighted by atomic mass is 79.9. The zero-order valence-corrected chi connectivity index (χ0v) is 12.6. The van der Waals surface area contributed by atoms with Crippen molar-refractivity contribution in [3.63, 3.8) is 0 Å². The Morgan fingerprint density at radius 3 is 3.00 bits per heavy atom. The molecule has 5 heteroatoms. The molecule has 1 aliphatic heterocycles. The zero-order chi connectivity index (χ0) is 13.8. The molecular weight excluding hydrogens is 308 g/mol. The van der Waals surface area contributed by atoms with Gasteiger partial charge in [-0.25, -0.2) is 0 Å². The molecule has 19 heavy (non-hydrogen) atoms. The van der Waals surface area contributed by atoms with Crippen molar-refractivity contribution < 1.29 is 9.90 Å². The number of pyridine rings is 1. The Morgan fingerprint density at radius 2 is 2.37 bits per heavy atom. The first-order valence-electron chi connectivity index (χ1n) is 6.66. The first-order chi connectivity index (χ1) is 9.10. The van der Waals surface area contributed by atoms with Crippen LogP contribution >= 0.6 is 15.9 Å². The molecule has 0 radical (unpaired) electrons. The first-order valence-corrected chi connectivity index (χ1v) is 7.45. The van der Waals surface area contributed by atoms with Crippen LogP contribution in [-0.2, 0) is 11.3 Å². The van der Waals surface area contributed by atoms with Gasteiger partial charge in [0, 0.05) is 23.4 Å². The van der Waals surface area contributed by atoms with Gasteiger partial charge in [0.25, 0.3) is 0 Å². The van der Waals surface area contributed by atoms with Crippen molar-refractivity contribution in [3.8, 4) is 0 Å². The van der Waals surface area contributed by atoms with Crippen molar-refractivity contribution in [2.24, 2.45) is 5.92 Å². The van der Waals surface area contributed by atoms with Crippen LogP contribution in [0, 0.1) is 5.92 Å². The molecule has 104 valence electrons. The monoisotopic (exact) mass is 326 g/mol. The van der Waals surface area contributed by atoms with Gasteiger partial charge in [-0.3, -0.25) is 14.7 Å². The number of hydrogen-bond acceptors (Lipinski definition) is 3. The molecule has 1 aromatic rings. The second-order valence-electron chi connectivity index (χ2n) is 5.13. The summed E-state index contributed by atoms with van der Waals surface area (Å²) in [6, 6.07) is 1.63. The Labute approximate surface area is 122 Å². The van der Waals surface area contributed by atoms with Crippen molar-refractivity contribution >= 4 is 21.9 Å². The number of carboxylic acids is 1. The average molecular weight is 327 g/mol. The maximum Gasteiger partial charge on any atom is 0.320 e. The molecule has 0 amide bonds. The van der Waals surface area contributed by atoms with Gasteiger partial charge < -0.3 is 5.11 Å². The fraction of sp³-hybridized carbons (Fsp3) is 0.571. The van der Waals surface area contributed by atoms with Gasteiger partial charge in [0.1, 0.15) is 6.04 Å². The molecule has 0 spiro atoms. The number of nitrogens with zero attached hydrogens (tertiary/aromatic N) is 2. The molecule has 1 fully saturated rings. The summed E-state index contributed by atoms with van der Waals surface area (Å²) in [7, 11) is 0. The Kier molecular flexibility index (Phi) is 4.93. The number of rotatable bonds is 4. The van der Waals surface area contributed by atoms with Crippen molar-refractivity contribution in [2.75, 3.05) is 6.54 Å². The molecule has 0 aromatic carbocycles. The average Bonchev–Trinajstić information content (AvgIpc) is 2.39. The summed E-state index contributed by atoms with van der Waals surface area (Å²) in [5, 5.41) is 9.39. The molecule has 0 saturated carbocycles. The van der Waals surface area contributed by atoms with Crippen LogP contribution in [0.2, 0.25) is 0 Å². The van der Waals surface area contributed by atoms with Crippen LogP contribution in [-0.4, -0.2) is 33.5 Å². The van der Waals surface area contributed by atoms with Crippen molar-refractivity contribution in [2.45, 2.75) is 38.8 Å². The molecule has 4 nitrogen and oxygen atoms in total. The maximum absolute atomic E-state index is 11.4. The molecule has 1 aliphatic rings. The Bertz CT molecular complexity index is 453. The van der Waals surface area contributed by atoms with Gasteiger partial charge in [0.2, 0.25) is 0 Å². The fourth-order valence-corrected chi connectivity index (χ4v) is 3.09. The molecule has 2 rings (SSSR count). The number of halogens is 1. The lowest BCUT2D eigenvalue weighted by Gasteiger charge is -2.36. The number of hydrogen-bond donors (Lipinski definition) is 1. The maximum atomic E-state index is 11.4. The summed E-state index contributed by atoms with van der Waals surface area (Å²) in [5.41, 5.74) is 1.05. The van der Waals surface area contributed by atoms with E-state index in [1.165, 1.54) is 0 Å². The van der Waals surface area contributed by atoms with E-state index in [2.05, 4.69) is 32.7 Å². The smallest absolute Gasteiger partial charge is 0.320 e. The molecule has 2 atom stereocenters. The van der Waals surface area contributed by atoms with E-state index >= 15 is 0 Å². The molecule has 0 bridgehead atoms. The highest BCUT2D eigenvalue weighted by molar-refractivity contribution is 9.10. The lowest BCUT2D eigenvalue weighted by Crippen LogP contribution is -2.46. The quantitative estimate of drug-likeness (QED) is 0.924. The largest absolute Gasteiger partial charge is 0.480 e. The van der Waals surface area contributed by atoms with Gasteiger partial charge in [0.15, 0.2) is 0 Å². The van der Waals surface area contributed by atoms with E-state index in [1.807, 2.05) is 6.07 Å². The van der Waals surface area contributed by atoms with E-state index in [4.69, 9.17) is 0 Å². The minimum atomic E-state index is -0.707. The topological polar surface area (TPSA) is 53.4 Å². The number of aromatic nitrogens is 1. The highest BCUT2D eigenvalue weighted by Gasteiger charge is 2.32. The van der Waals surface area contributed by atoms with E-state index in [1.54, 1.807) is 12.4 Å². The second-order valence-corrected chi connectivity index (χ2v) is 6.05. The lowest BCUT2D eigenvalue weighted by molar-refractivity contribution is -0.145. The molecule has 2 heterocycles.